The molecular formula is C19H20N2O. The molecule has 2 aromatic rings. The Morgan fingerprint density at radius 2 is 2.00 bits per heavy atom. The van der Waals surface area contributed by atoms with E-state index in [4.69, 9.17) is 0 Å². The average Bonchev–Trinajstić information content (AvgIpc) is 3.07. The van der Waals surface area contributed by atoms with Crippen molar-refractivity contribution >= 4 is 10.9 Å². The van der Waals surface area contributed by atoms with E-state index >= 15 is 0 Å². The van der Waals surface area contributed by atoms with Gasteiger partial charge in [0.25, 0.3) is 0 Å². The second-order valence-corrected chi connectivity index (χ2v) is 6.58. The molecule has 0 radical (unpaired) electrons. The lowest BCUT2D eigenvalue weighted by atomic mass is 10.1. The molecule has 2 atom stereocenters. The van der Waals surface area contributed by atoms with Crippen molar-refractivity contribution in [3.8, 4) is 11.8 Å². The minimum atomic E-state index is 0.000206. The van der Waals surface area contributed by atoms with Crippen molar-refractivity contribution in [3.05, 3.63) is 40.7 Å². The zero-order valence-electron chi connectivity index (χ0n) is 12.7. The van der Waals surface area contributed by atoms with E-state index < -0.39 is 0 Å². The number of nitrogens with zero attached hydrogens (tertiary/aromatic N) is 2. The summed E-state index contributed by atoms with van der Waals surface area (Å²) in [4.78, 5) is 11.8. The molecule has 4 rings (SSSR count). The molecule has 0 saturated heterocycles. The number of hydrogen-bond donors (Lipinski definition) is 0. The standard InChI is InChI=1S/C19H20N2O/c22-19-12-20-21(18-8-4-3-7-17(18)19)13-16-11-15(16)10-9-14-5-1-2-6-14/h3-4,7-8,12,14-16H,1-2,5-6,11,13H2. The minimum Gasteiger partial charge on any atom is -0.287 e. The lowest BCUT2D eigenvalue weighted by molar-refractivity contribution is 0.558. The Kier molecular flexibility index (Phi) is 3.46. The highest BCUT2D eigenvalue weighted by molar-refractivity contribution is 5.77. The maximum atomic E-state index is 11.8. The molecule has 112 valence electrons. The van der Waals surface area contributed by atoms with E-state index in [0.29, 0.717) is 17.8 Å². The maximum Gasteiger partial charge on any atom is 0.207 e. The van der Waals surface area contributed by atoms with Crippen LogP contribution >= 0.6 is 0 Å². The van der Waals surface area contributed by atoms with Gasteiger partial charge in [0.2, 0.25) is 5.43 Å². The molecule has 1 aromatic heterocycles. The molecule has 0 bridgehead atoms. The van der Waals surface area contributed by atoms with Gasteiger partial charge in [0, 0.05) is 23.8 Å². The maximum absolute atomic E-state index is 11.8. The van der Waals surface area contributed by atoms with Gasteiger partial charge in [-0.2, -0.15) is 5.10 Å². The first-order valence-electron chi connectivity index (χ1n) is 8.27. The van der Waals surface area contributed by atoms with Crippen LogP contribution in [0, 0.1) is 29.6 Å². The number of para-hydroxylation sites is 1. The van der Waals surface area contributed by atoms with E-state index in [1.165, 1.54) is 38.3 Å². The van der Waals surface area contributed by atoms with Crippen molar-refractivity contribution in [2.75, 3.05) is 0 Å². The first-order valence-corrected chi connectivity index (χ1v) is 8.27. The molecule has 2 aliphatic rings. The summed E-state index contributed by atoms with van der Waals surface area (Å²) in [7, 11) is 0. The quantitative estimate of drug-likeness (QED) is 0.797. The van der Waals surface area contributed by atoms with Crippen LogP contribution in [0.3, 0.4) is 0 Å². The summed E-state index contributed by atoms with van der Waals surface area (Å²) in [6.45, 7) is 0.866. The SMILES string of the molecule is O=c1cnn(CC2CC2C#CC2CCCC2)c2ccccc12. The van der Waals surface area contributed by atoms with Gasteiger partial charge < -0.3 is 0 Å². The molecule has 0 amide bonds. The predicted molar refractivity (Wildman–Crippen MR) is 87.3 cm³/mol. The summed E-state index contributed by atoms with van der Waals surface area (Å²) in [5.41, 5.74) is 0.935. The van der Waals surface area contributed by atoms with Gasteiger partial charge >= 0.3 is 0 Å². The number of aromatic nitrogens is 2. The minimum absolute atomic E-state index is 0.000206. The van der Waals surface area contributed by atoms with E-state index in [1.54, 1.807) is 0 Å². The van der Waals surface area contributed by atoms with E-state index in [2.05, 4.69) is 16.9 Å². The summed E-state index contributed by atoms with van der Waals surface area (Å²) in [5.74, 6) is 8.72. The van der Waals surface area contributed by atoms with Gasteiger partial charge in [0.15, 0.2) is 0 Å². The molecular weight excluding hydrogens is 272 g/mol. The lowest BCUT2D eigenvalue weighted by Gasteiger charge is -2.08. The average molecular weight is 292 g/mol. The molecule has 0 spiro atoms. The van der Waals surface area contributed by atoms with Crippen molar-refractivity contribution in [2.45, 2.75) is 38.6 Å². The lowest BCUT2D eigenvalue weighted by Crippen LogP contribution is -2.13. The molecule has 3 heteroatoms. The topological polar surface area (TPSA) is 34.9 Å². The van der Waals surface area contributed by atoms with Gasteiger partial charge in [-0.05, 0) is 37.3 Å². The highest BCUT2D eigenvalue weighted by Gasteiger charge is 2.36. The van der Waals surface area contributed by atoms with E-state index in [1.807, 2.05) is 28.9 Å². The normalized spacial score (nSPS) is 24.2. The molecule has 2 saturated carbocycles. The van der Waals surface area contributed by atoms with Crippen LogP contribution in [0.4, 0.5) is 0 Å². The molecule has 1 heterocycles. The first-order chi connectivity index (χ1) is 10.8. The highest BCUT2D eigenvalue weighted by atomic mass is 16.1. The zero-order chi connectivity index (χ0) is 14.9. The number of benzene rings is 1. The zero-order valence-corrected chi connectivity index (χ0v) is 12.7. The van der Waals surface area contributed by atoms with Crippen molar-refractivity contribution in [1.29, 1.82) is 0 Å². The van der Waals surface area contributed by atoms with Crippen molar-refractivity contribution < 1.29 is 0 Å². The van der Waals surface area contributed by atoms with Gasteiger partial charge in [-0.25, -0.2) is 0 Å². The van der Waals surface area contributed by atoms with Crippen LogP contribution in [0.1, 0.15) is 32.1 Å². The van der Waals surface area contributed by atoms with Gasteiger partial charge in [0.1, 0.15) is 0 Å². The number of rotatable bonds is 2. The van der Waals surface area contributed by atoms with E-state index in [9.17, 15) is 4.79 Å². The Hall–Kier alpha value is -2.08. The fraction of sp³-hybridized carbons (Fsp3) is 0.474. The van der Waals surface area contributed by atoms with Crippen LogP contribution in [0.25, 0.3) is 10.9 Å². The molecule has 2 aliphatic carbocycles. The van der Waals surface area contributed by atoms with Gasteiger partial charge in [0.05, 0.1) is 11.7 Å². The van der Waals surface area contributed by atoms with Crippen LogP contribution in [-0.4, -0.2) is 9.78 Å². The number of hydrogen-bond acceptors (Lipinski definition) is 2. The Morgan fingerprint density at radius 1 is 1.18 bits per heavy atom. The van der Waals surface area contributed by atoms with Gasteiger partial charge in [-0.3, -0.25) is 9.48 Å². The second kappa shape index (κ2) is 5.61. The third kappa shape index (κ3) is 2.66. The van der Waals surface area contributed by atoms with Crippen LogP contribution in [0.15, 0.2) is 35.3 Å². The molecule has 0 N–H and O–H groups in total. The van der Waals surface area contributed by atoms with Gasteiger partial charge in [-0.1, -0.05) is 36.8 Å². The third-order valence-electron chi connectivity index (χ3n) is 4.92. The fourth-order valence-electron chi connectivity index (χ4n) is 3.45. The van der Waals surface area contributed by atoms with Gasteiger partial charge in [-0.15, -0.1) is 0 Å². The van der Waals surface area contributed by atoms with E-state index in [0.717, 1.165) is 17.4 Å². The number of fused-ring (bicyclic) bond motifs is 1. The Balaban J connectivity index is 1.49. The van der Waals surface area contributed by atoms with Crippen LogP contribution in [0.5, 0.6) is 0 Å². The smallest absolute Gasteiger partial charge is 0.207 e. The summed E-state index contributed by atoms with van der Waals surface area (Å²) in [6.07, 6.45) is 7.87. The second-order valence-electron chi connectivity index (χ2n) is 6.58. The monoisotopic (exact) mass is 292 g/mol. The molecule has 3 nitrogen and oxygen atoms in total. The highest BCUT2D eigenvalue weighted by Crippen LogP contribution is 2.39. The van der Waals surface area contributed by atoms with Crippen LogP contribution in [0.2, 0.25) is 0 Å². The molecule has 22 heavy (non-hydrogen) atoms. The van der Waals surface area contributed by atoms with Crippen molar-refractivity contribution in [2.24, 2.45) is 17.8 Å². The summed E-state index contributed by atoms with van der Waals surface area (Å²) >= 11 is 0. The summed E-state index contributed by atoms with van der Waals surface area (Å²) in [5, 5.41) is 5.07. The molecule has 2 unspecified atom stereocenters. The van der Waals surface area contributed by atoms with E-state index in [-0.39, 0.29) is 5.43 Å². The van der Waals surface area contributed by atoms with Crippen molar-refractivity contribution in [1.82, 2.24) is 9.78 Å². The Labute approximate surface area is 130 Å². The van der Waals surface area contributed by atoms with Crippen LogP contribution < -0.4 is 5.43 Å². The molecule has 1 aromatic carbocycles. The predicted octanol–water partition coefficient (Wildman–Crippen LogP) is 3.23. The molecule has 0 aliphatic heterocycles. The van der Waals surface area contributed by atoms with Crippen molar-refractivity contribution in [3.63, 3.8) is 0 Å². The Bertz CT molecular complexity index is 805. The summed E-state index contributed by atoms with van der Waals surface area (Å²) < 4.78 is 1.97. The summed E-state index contributed by atoms with van der Waals surface area (Å²) in [6, 6.07) is 7.72. The van der Waals surface area contributed by atoms with Crippen LogP contribution in [-0.2, 0) is 6.54 Å². The largest absolute Gasteiger partial charge is 0.287 e. The Morgan fingerprint density at radius 3 is 2.86 bits per heavy atom. The fourth-order valence-corrected chi connectivity index (χ4v) is 3.45. The third-order valence-corrected chi connectivity index (χ3v) is 4.92. The molecule has 2 fully saturated rings. The first kappa shape index (κ1) is 13.6.